The highest BCUT2D eigenvalue weighted by atomic mass is 16.5. The Labute approximate surface area is 84.0 Å². The summed E-state index contributed by atoms with van der Waals surface area (Å²) in [5, 5.41) is 2.84. The molecule has 0 saturated heterocycles. The van der Waals surface area contributed by atoms with Gasteiger partial charge in [0.05, 0.1) is 13.0 Å². The van der Waals surface area contributed by atoms with Crippen molar-refractivity contribution in [1.82, 2.24) is 5.32 Å². The second-order valence-electron chi connectivity index (χ2n) is 3.78. The van der Waals surface area contributed by atoms with Crippen molar-refractivity contribution in [1.29, 1.82) is 0 Å². The maximum Gasteiger partial charge on any atom is 0.308 e. The van der Waals surface area contributed by atoms with Crippen molar-refractivity contribution in [3.63, 3.8) is 0 Å². The molecule has 0 unspecified atom stereocenters. The summed E-state index contributed by atoms with van der Waals surface area (Å²) in [6.07, 6.45) is 3.53. The number of esters is 1. The van der Waals surface area contributed by atoms with E-state index in [0.717, 1.165) is 19.3 Å². The first-order valence-corrected chi connectivity index (χ1v) is 4.98. The summed E-state index contributed by atoms with van der Waals surface area (Å²) < 4.78 is 4.69. The molecule has 0 aromatic carbocycles. The maximum atomic E-state index is 11.3. The lowest BCUT2D eigenvalue weighted by molar-refractivity contribution is -0.147. The number of nitrogens with one attached hydrogen (secondary N) is 1. The second-order valence-corrected chi connectivity index (χ2v) is 3.78. The van der Waals surface area contributed by atoms with Gasteiger partial charge in [0.15, 0.2) is 0 Å². The summed E-state index contributed by atoms with van der Waals surface area (Å²) in [7, 11) is 1.41. The van der Waals surface area contributed by atoms with Crippen molar-refractivity contribution in [2.45, 2.75) is 38.6 Å². The van der Waals surface area contributed by atoms with Gasteiger partial charge in [-0.05, 0) is 19.3 Å². The number of ether oxygens (including phenoxy) is 1. The van der Waals surface area contributed by atoms with Crippen molar-refractivity contribution in [3.05, 3.63) is 0 Å². The summed E-state index contributed by atoms with van der Waals surface area (Å²) in [5.74, 6) is -0.217. The molecule has 4 heteroatoms. The third-order valence-corrected chi connectivity index (χ3v) is 2.62. The molecule has 1 amide bonds. The number of rotatable bonds is 2. The van der Waals surface area contributed by atoms with Crippen LogP contribution in [-0.2, 0) is 14.3 Å². The number of carbonyl (C=O) groups excluding carboxylic acids is 2. The molecule has 0 radical (unpaired) electrons. The van der Waals surface area contributed by atoms with Crippen molar-refractivity contribution < 1.29 is 14.3 Å². The Hall–Kier alpha value is -1.06. The largest absolute Gasteiger partial charge is 0.469 e. The van der Waals surface area contributed by atoms with Crippen LogP contribution in [0.25, 0.3) is 0 Å². The van der Waals surface area contributed by atoms with Gasteiger partial charge in [-0.2, -0.15) is 0 Å². The number of methoxy groups -OCH3 is 1. The quantitative estimate of drug-likeness (QED) is 0.671. The normalized spacial score (nSPS) is 26.7. The molecule has 1 rings (SSSR count). The summed E-state index contributed by atoms with van der Waals surface area (Å²) in [6, 6.07) is 0.144. The number of amides is 1. The highest BCUT2D eigenvalue weighted by Gasteiger charge is 2.27. The maximum absolute atomic E-state index is 11.3. The molecule has 0 heterocycles. The van der Waals surface area contributed by atoms with Gasteiger partial charge in [0, 0.05) is 13.0 Å². The summed E-state index contributed by atoms with van der Waals surface area (Å²) in [4.78, 5) is 22.1. The third-order valence-electron chi connectivity index (χ3n) is 2.62. The molecule has 0 spiro atoms. The minimum Gasteiger partial charge on any atom is -0.469 e. The van der Waals surface area contributed by atoms with E-state index < -0.39 is 0 Å². The van der Waals surface area contributed by atoms with Gasteiger partial charge < -0.3 is 10.1 Å². The molecule has 1 aliphatic carbocycles. The Morgan fingerprint density at radius 2 is 2.07 bits per heavy atom. The summed E-state index contributed by atoms with van der Waals surface area (Å²) >= 11 is 0. The average molecular weight is 199 g/mol. The molecule has 4 nitrogen and oxygen atoms in total. The number of carbonyl (C=O) groups is 2. The van der Waals surface area contributed by atoms with Crippen molar-refractivity contribution >= 4 is 11.9 Å². The van der Waals surface area contributed by atoms with Gasteiger partial charge >= 0.3 is 5.97 Å². The van der Waals surface area contributed by atoms with E-state index in [0.29, 0.717) is 6.42 Å². The number of hydrogen-bond donors (Lipinski definition) is 1. The Bertz CT molecular complexity index is 227. The highest BCUT2D eigenvalue weighted by Crippen LogP contribution is 2.25. The minimum absolute atomic E-state index is 0.0273. The van der Waals surface area contributed by atoms with Crippen LogP contribution in [0.4, 0.5) is 0 Å². The first-order chi connectivity index (χ1) is 6.63. The van der Waals surface area contributed by atoms with Crippen LogP contribution >= 0.6 is 0 Å². The zero-order valence-corrected chi connectivity index (χ0v) is 8.71. The van der Waals surface area contributed by atoms with Crippen molar-refractivity contribution in [2.24, 2.45) is 5.92 Å². The average Bonchev–Trinajstić information content (AvgIpc) is 2.16. The van der Waals surface area contributed by atoms with E-state index in [1.54, 1.807) is 0 Å². The second kappa shape index (κ2) is 4.98. The summed E-state index contributed by atoms with van der Waals surface area (Å²) in [6.45, 7) is 1.50. The molecule has 0 aromatic rings. The first kappa shape index (κ1) is 11.0. The predicted octanol–water partition coefficient (Wildman–Crippen LogP) is 0.854. The lowest BCUT2D eigenvalue weighted by atomic mass is 9.86. The monoisotopic (exact) mass is 199 g/mol. The van der Waals surface area contributed by atoms with E-state index in [1.165, 1.54) is 14.0 Å². The standard InChI is InChI=1S/C10H17NO3/c1-7(12)11-9-5-3-4-8(6-9)10(13)14-2/h8-9H,3-6H2,1-2H3,(H,11,12)/t8-,9-/m0/s1. The number of hydrogen-bond acceptors (Lipinski definition) is 3. The zero-order valence-electron chi connectivity index (χ0n) is 8.71. The SMILES string of the molecule is COC(=O)[C@H]1CCC[C@H](NC(C)=O)C1. The van der Waals surface area contributed by atoms with E-state index in [2.05, 4.69) is 5.32 Å². The van der Waals surface area contributed by atoms with E-state index in [-0.39, 0.29) is 23.8 Å². The van der Waals surface area contributed by atoms with Gasteiger partial charge in [-0.3, -0.25) is 9.59 Å². The molecular formula is C10H17NO3. The van der Waals surface area contributed by atoms with Crippen LogP contribution in [0.5, 0.6) is 0 Å². The fourth-order valence-corrected chi connectivity index (χ4v) is 1.99. The fourth-order valence-electron chi connectivity index (χ4n) is 1.99. The molecule has 0 aliphatic heterocycles. The van der Waals surface area contributed by atoms with Gasteiger partial charge in [0.2, 0.25) is 5.91 Å². The van der Waals surface area contributed by atoms with Gasteiger partial charge in [-0.1, -0.05) is 6.42 Å². The van der Waals surface area contributed by atoms with E-state index >= 15 is 0 Å². The summed E-state index contributed by atoms with van der Waals surface area (Å²) in [5.41, 5.74) is 0. The molecule has 0 aromatic heterocycles. The van der Waals surface area contributed by atoms with Gasteiger partial charge in [-0.25, -0.2) is 0 Å². The Morgan fingerprint density at radius 1 is 1.36 bits per heavy atom. The van der Waals surface area contributed by atoms with E-state index in [9.17, 15) is 9.59 Å². The molecule has 14 heavy (non-hydrogen) atoms. The van der Waals surface area contributed by atoms with Crippen LogP contribution in [0, 0.1) is 5.92 Å². The highest BCUT2D eigenvalue weighted by molar-refractivity contribution is 5.74. The molecule has 80 valence electrons. The molecule has 1 N–H and O–H groups in total. The lowest BCUT2D eigenvalue weighted by Crippen LogP contribution is -2.39. The van der Waals surface area contributed by atoms with Crippen LogP contribution in [-0.4, -0.2) is 25.0 Å². The zero-order chi connectivity index (χ0) is 10.6. The van der Waals surface area contributed by atoms with E-state index in [4.69, 9.17) is 4.74 Å². The van der Waals surface area contributed by atoms with Crippen LogP contribution < -0.4 is 5.32 Å². The Balaban J connectivity index is 2.43. The third kappa shape index (κ3) is 3.01. The minimum atomic E-state index is -0.153. The Kier molecular flexibility index (Phi) is 3.92. The molecular weight excluding hydrogens is 182 g/mol. The molecule has 1 saturated carbocycles. The molecule has 1 fully saturated rings. The van der Waals surface area contributed by atoms with Gasteiger partial charge in [0.1, 0.15) is 0 Å². The topological polar surface area (TPSA) is 55.4 Å². The van der Waals surface area contributed by atoms with Crippen LogP contribution in [0.1, 0.15) is 32.6 Å². The van der Waals surface area contributed by atoms with Crippen LogP contribution in [0.3, 0.4) is 0 Å². The Morgan fingerprint density at radius 3 is 2.64 bits per heavy atom. The van der Waals surface area contributed by atoms with E-state index in [1.807, 2.05) is 0 Å². The van der Waals surface area contributed by atoms with Gasteiger partial charge in [0.25, 0.3) is 0 Å². The predicted molar refractivity (Wildman–Crippen MR) is 51.6 cm³/mol. The van der Waals surface area contributed by atoms with Crippen molar-refractivity contribution in [3.8, 4) is 0 Å². The molecule has 2 atom stereocenters. The van der Waals surface area contributed by atoms with Crippen LogP contribution in [0.2, 0.25) is 0 Å². The molecule has 0 bridgehead atoms. The van der Waals surface area contributed by atoms with Crippen LogP contribution in [0.15, 0.2) is 0 Å². The smallest absolute Gasteiger partial charge is 0.308 e. The fraction of sp³-hybridized carbons (Fsp3) is 0.800. The molecule has 1 aliphatic rings. The lowest BCUT2D eigenvalue weighted by Gasteiger charge is -2.27. The van der Waals surface area contributed by atoms with Crippen molar-refractivity contribution in [2.75, 3.05) is 7.11 Å². The van der Waals surface area contributed by atoms with Gasteiger partial charge in [-0.15, -0.1) is 0 Å². The first-order valence-electron chi connectivity index (χ1n) is 4.98.